The zero-order valence-electron chi connectivity index (χ0n) is 12.8. The van der Waals surface area contributed by atoms with E-state index in [2.05, 4.69) is 22.5 Å². The number of halogens is 1. The SMILES string of the molecule is CCCCNc1cncc(C(=O)Nc2ccc(Cl)cc2C)c1. The molecule has 0 saturated carbocycles. The summed E-state index contributed by atoms with van der Waals surface area (Å²) in [5.41, 5.74) is 3.05. The average Bonchev–Trinajstić information content (AvgIpc) is 2.50. The molecule has 0 aliphatic heterocycles. The molecule has 1 heterocycles. The van der Waals surface area contributed by atoms with Crippen LogP contribution in [0, 0.1) is 6.92 Å². The fourth-order valence-corrected chi connectivity index (χ4v) is 2.26. The topological polar surface area (TPSA) is 54.0 Å². The first kappa shape index (κ1) is 16.3. The van der Waals surface area contributed by atoms with Crippen LogP contribution in [0.5, 0.6) is 0 Å². The third kappa shape index (κ3) is 4.46. The number of hydrogen-bond donors (Lipinski definition) is 2. The number of amides is 1. The minimum Gasteiger partial charge on any atom is -0.384 e. The van der Waals surface area contributed by atoms with Gasteiger partial charge in [-0.1, -0.05) is 24.9 Å². The summed E-state index contributed by atoms with van der Waals surface area (Å²) >= 11 is 5.92. The molecule has 2 N–H and O–H groups in total. The smallest absolute Gasteiger partial charge is 0.257 e. The fraction of sp³-hybridized carbons (Fsp3) is 0.294. The van der Waals surface area contributed by atoms with Crippen LogP contribution in [0.15, 0.2) is 36.7 Å². The summed E-state index contributed by atoms with van der Waals surface area (Å²) in [4.78, 5) is 16.4. The van der Waals surface area contributed by atoms with Gasteiger partial charge in [0.25, 0.3) is 5.91 Å². The van der Waals surface area contributed by atoms with Crippen LogP contribution in [0.25, 0.3) is 0 Å². The summed E-state index contributed by atoms with van der Waals surface area (Å²) in [7, 11) is 0. The van der Waals surface area contributed by atoms with Crippen molar-refractivity contribution < 1.29 is 4.79 Å². The number of carbonyl (C=O) groups excluding carboxylic acids is 1. The van der Waals surface area contributed by atoms with Crippen molar-refractivity contribution in [3.05, 3.63) is 52.8 Å². The Bertz CT molecular complexity index is 658. The first-order valence-electron chi connectivity index (χ1n) is 7.36. The fourth-order valence-electron chi connectivity index (χ4n) is 2.03. The number of rotatable bonds is 6. The van der Waals surface area contributed by atoms with Gasteiger partial charge in [-0.15, -0.1) is 0 Å². The van der Waals surface area contributed by atoms with Crippen LogP contribution >= 0.6 is 11.6 Å². The lowest BCUT2D eigenvalue weighted by Crippen LogP contribution is -2.13. The number of anilines is 2. The lowest BCUT2D eigenvalue weighted by atomic mass is 10.2. The van der Waals surface area contributed by atoms with Crippen molar-refractivity contribution in [3.63, 3.8) is 0 Å². The minimum atomic E-state index is -0.183. The average molecular weight is 318 g/mol. The molecule has 0 aliphatic carbocycles. The molecule has 5 heteroatoms. The van der Waals surface area contributed by atoms with Crippen molar-refractivity contribution >= 4 is 28.9 Å². The van der Waals surface area contributed by atoms with Crippen molar-refractivity contribution in [2.45, 2.75) is 26.7 Å². The molecule has 0 aliphatic rings. The zero-order chi connectivity index (χ0) is 15.9. The van der Waals surface area contributed by atoms with Crippen LogP contribution < -0.4 is 10.6 Å². The second kappa shape index (κ2) is 7.80. The van der Waals surface area contributed by atoms with Gasteiger partial charge in [-0.05, 0) is 43.2 Å². The summed E-state index contributed by atoms with van der Waals surface area (Å²) in [6.07, 6.45) is 5.49. The molecule has 22 heavy (non-hydrogen) atoms. The molecule has 0 saturated heterocycles. The first-order valence-corrected chi connectivity index (χ1v) is 7.74. The van der Waals surface area contributed by atoms with Crippen LogP contribution in [0.4, 0.5) is 11.4 Å². The number of nitrogens with zero attached hydrogens (tertiary/aromatic N) is 1. The molecule has 2 aromatic rings. The van der Waals surface area contributed by atoms with Crippen molar-refractivity contribution in [2.75, 3.05) is 17.2 Å². The standard InChI is InChI=1S/C17H20ClN3O/c1-3-4-7-20-15-9-13(10-19-11-15)17(22)21-16-6-5-14(18)8-12(16)2/h5-6,8-11,20H,3-4,7H2,1-2H3,(H,21,22). The van der Waals surface area contributed by atoms with Gasteiger partial charge in [0, 0.05) is 29.6 Å². The van der Waals surface area contributed by atoms with Crippen LogP contribution in [0.3, 0.4) is 0 Å². The summed E-state index contributed by atoms with van der Waals surface area (Å²) in [6.45, 7) is 4.92. The van der Waals surface area contributed by atoms with E-state index in [-0.39, 0.29) is 5.91 Å². The van der Waals surface area contributed by atoms with Gasteiger partial charge in [0.2, 0.25) is 0 Å². The van der Waals surface area contributed by atoms with Gasteiger partial charge in [0.05, 0.1) is 11.3 Å². The van der Waals surface area contributed by atoms with Crippen molar-refractivity contribution in [1.82, 2.24) is 4.98 Å². The number of unbranched alkanes of at least 4 members (excludes halogenated alkanes) is 1. The van der Waals surface area contributed by atoms with Crippen LogP contribution in [-0.2, 0) is 0 Å². The highest BCUT2D eigenvalue weighted by molar-refractivity contribution is 6.30. The van der Waals surface area contributed by atoms with Crippen LogP contribution in [0.1, 0.15) is 35.7 Å². The molecule has 0 atom stereocenters. The predicted molar refractivity (Wildman–Crippen MR) is 91.8 cm³/mol. The molecule has 1 aromatic heterocycles. The van der Waals surface area contributed by atoms with E-state index in [0.29, 0.717) is 10.6 Å². The second-order valence-electron chi connectivity index (χ2n) is 5.16. The number of benzene rings is 1. The number of pyridine rings is 1. The Hall–Kier alpha value is -2.07. The molecular formula is C17H20ClN3O. The van der Waals surface area contributed by atoms with Crippen LogP contribution in [0.2, 0.25) is 5.02 Å². The Labute approximate surface area is 135 Å². The highest BCUT2D eigenvalue weighted by atomic mass is 35.5. The maximum atomic E-state index is 12.3. The lowest BCUT2D eigenvalue weighted by molar-refractivity contribution is 0.102. The largest absolute Gasteiger partial charge is 0.384 e. The molecular weight excluding hydrogens is 298 g/mol. The van der Waals surface area contributed by atoms with E-state index in [9.17, 15) is 4.79 Å². The Morgan fingerprint density at radius 1 is 1.27 bits per heavy atom. The summed E-state index contributed by atoms with van der Waals surface area (Å²) < 4.78 is 0. The Kier molecular flexibility index (Phi) is 5.78. The highest BCUT2D eigenvalue weighted by Gasteiger charge is 2.09. The number of carbonyl (C=O) groups is 1. The van der Waals surface area contributed by atoms with Crippen molar-refractivity contribution in [3.8, 4) is 0 Å². The Morgan fingerprint density at radius 2 is 2.09 bits per heavy atom. The summed E-state index contributed by atoms with van der Waals surface area (Å²) in [6, 6.07) is 7.18. The van der Waals surface area contributed by atoms with Gasteiger partial charge in [-0.3, -0.25) is 9.78 Å². The van der Waals surface area contributed by atoms with Gasteiger partial charge in [0.1, 0.15) is 0 Å². The van der Waals surface area contributed by atoms with Crippen molar-refractivity contribution in [2.24, 2.45) is 0 Å². The first-order chi connectivity index (χ1) is 10.6. The van der Waals surface area contributed by atoms with E-state index in [0.717, 1.165) is 36.3 Å². The molecule has 0 spiro atoms. The quantitative estimate of drug-likeness (QED) is 0.771. The molecule has 2 rings (SSSR count). The molecule has 0 unspecified atom stereocenters. The van der Waals surface area contributed by atoms with E-state index in [4.69, 9.17) is 11.6 Å². The minimum absolute atomic E-state index is 0.183. The van der Waals surface area contributed by atoms with Gasteiger partial charge < -0.3 is 10.6 Å². The number of hydrogen-bond acceptors (Lipinski definition) is 3. The van der Waals surface area contributed by atoms with Crippen LogP contribution in [-0.4, -0.2) is 17.4 Å². The summed E-state index contributed by atoms with van der Waals surface area (Å²) in [5, 5.41) is 6.80. The second-order valence-corrected chi connectivity index (χ2v) is 5.59. The molecule has 0 fully saturated rings. The molecule has 116 valence electrons. The molecule has 1 amide bonds. The highest BCUT2D eigenvalue weighted by Crippen LogP contribution is 2.20. The van der Waals surface area contributed by atoms with Gasteiger partial charge in [0.15, 0.2) is 0 Å². The number of aromatic nitrogens is 1. The monoisotopic (exact) mass is 317 g/mol. The molecule has 1 aromatic carbocycles. The van der Waals surface area contributed by atoms with Gasteiger partial charge >= 0.3 is 0 Å². The molecule has 0 bridgehead atoms. The Morgan fingerprint density at radius 3 is 2.82 bits per heavy atom. The molecule has 0 radical (unpaired) electrons. The number of nitrogens with one attached hydrogen (secondary N) is 2. The van der Waals surface area contributed by atoms with E-state index in [1.54, 1.807) is 24.5 Å². The van der Waals surface area contributed by atoms with E-state index < -0.39 is 0 Å². The Balaban J connectivity index is 2.07. The maximum Gasteiger partial charge on any atom is 0.257 e. The van der Waals surface area contributed by atoms with Gasteiger partial charge in [-0.2, -0.15) is 0 Å². The van der Waals surface area contributed by atoms with E-state index >= 15 is 0 Å². The lowest BCUT2D eigenvalue weighted by Gasteiger charge is -2.10. The third-order valence-corrected chi connectivity index (χ3v) is 3.53. The zero-order valence-corrected chi connectivity index (χ0v) is 13.6. The van der Waals surface area contributed by atoms with E-state index in [1.807, 2.05) is 19.1 Å². The summed E-state index contributed by atoms with van der Waals surface area (Å²) in [5.74, 6) is -0.183. The van der Waals surface area contributed by atoms with E-state index in [1.165, 1.54) is 0 Å². The predicted octanol–water partition coefficient (Wildman–Crippen LogP) is 4.51. The number of aryl methyl sites for hydroxylation is 1. The third-order valence-electron chi connectivity index (χ3n) is 3.30. The van der Waals surface area contributed by atoms with Gasteiger partial charge in [-0.25, -0.2) is 0 Å². The van der Waals surface area contributed by atoms with Crippen molar-refractivity contribution in [1.29, 1.82) is 0 Å². The normalized spacial score (nSPS) is 10.3. The maximum absolute atomic E-state index is 12.3. The molecule has 4 nitrogen and oxygen atoms in total.